The van der Waals surface area contributed by atoms with Crippen molar-refractivity contribution >= 4 is 5.91 Å². The lowest BCUT2D eigenvalue weighted by Gasteiger charge is -2.57. The SMILES string of the molecule is CC1(C)[C@H]2CC=C(CN3CCC4(CC3)C[C@@H]4C(=O)NCCCc3ccccc3)[C@@H]1C2. The van der Waals surface area contributed by atoms with Crippen LogP contribution in [0.3, 0.4) is 0 Å². The van der Waals surface area contributed by atoms with Gasteiger partial charge in [0, 0.05) is 19.0 Å². The second-order valence-corrected chi connectivity index (χ2v) is 11.1. The van der Waals surface area contributed by atoms with Gasteiger partial charge in [-0.05, 0) is 86.3 Å². The molecule has 0 unspecified atom stereocenters. The van der Waals surface area contributed by atoms with E-state index in [0.717, 1.165) is 37.6 Å². The van der Waals surface area contributed by atoms with E-state index in [0.29, 0.717) is 16.7 Å². The number of likely N-dealkylation sites (tertiary alicyclic amines) is 1. The number of allylic oxidation sites excluding steroid dienone is 1. The zero-order valence-electron chi connectivity index (χ0n) is 18.8. The number of rotatable bonds is 7. The molecule has 1 heterocycles. The Morgan fingerprint density at radius 3 is 2.63 bits per heavy atom. The van der Waals surface area contributed by atoms with Crippen molar-refractivity contribution in [2.45, 2.75) is 58.8 Å². The van der Waals surface area contributed by atoms with Gasteiger partial charge < -0.3 is 5.32 Å². The summed E-state index contributed by atoms with van der Waals surface area (Å²) in [4.78, 5) is 15.3. The van der Waals surface area contributed by atoms with Crippen LogP contribution in [0, 0.1) is 28.6 Å². The predicted molar refractivity (Wildman–Crippen MR) is 122 cm³/mol. The topological polar surface area (TPSA) is 32.3 Å². The lowest BCUT2D eigenvalue weighted by Crippen LogP contribution is -2.50. The van der Waals surface area contributed by atoms with Crippen LogP contribution in [0.1, 0.15) is 57.9 Å². The van der Waals surface area contributed by atoms with Crippen molar-refractivity contribution in [3.05, 3.63) is 47.5 Å². The van der Waals surface area contributed by atoms with Gasteiger partial charge in [0.2, 0.25) is 5.91 Å². The molecule has 3 heteroatoms. The molecule has 1 aromatic carbocycles. The standard InChI is InChI=1S/C27H38N2O/c1-26(2)22-11-10-21(23(26)17-22)19-29-15-12-27(13-16-29)18-24(27)25(30)28-14-6-9-20-7-4-3-5-8-20/h3-5,7-8,10,22-24H,6,9,11-19H2,1-2H3,(H,28,30)/t22-,23-,24+/m0/s1. The highest BCUT2D eigenvalue weighted by Crippen LogP contribution is 2.61. The van der Waals surface area contributed by atoms with E-state index in [2.05, 4.69) is 60.5 Å². The maximum Gasteiger partial charge on any atom is 0.223 e. The van der Waals surface area contributed by atoms with Gasteiger partial charge in [-0.15, -0.1) is 0 Å². The van der Waals surface area contributed by atoms with Crippen LogP contribution >= 0.6 is 0 Å². The average Bonchev–Trinajstić information content (AvgIpc) is 3.47. The molecule has 30 heavy (non-hydrogen) atoms. The smallest absolute Gasteiger partial charge is 0.223 e. The molecule has 3 fully saturated rings. The Labute approximate surface area is 182 Å². The molecule has 4 aliphatic carbocycles. The van der Waals surface area contributed by atoms with Crippen molar-refractivity contribution in [3.8, 4) is 0 Å². The number of nitrogens with zero attached hydrogens (tertiary/aromatic N) is 1. The van der Waals surface area contributed by atoms with Crippen LogP contribution in [0.5, 0.6) is 0 Å². The van der Waals surface area contributed by atoms with Crippen molar-refractivity contribution in [3.63, 3.8) is 0 Å². The zero-order valence-corrected chi connectivity index (χ0v) is 18.8. The minimum absolute atomic E-state index is 0.275. The summed E-state index contributed by atoms with van der Waals surface area (Å²) in [5.74, 6) is 2.34. The van der Waals surface area contributed by atoms with Gasteiger partial charge in [0.1, 0.15) is 0 Å². The van der Waals surface area contributed by atoms with Crippen LogP contribution in [-0.4, -0.2) is 37.0 Å². The highest BCUT2D eigenvalue weighted by atomic mass is 16.2. The normalized spacial score (nSPS) is 31.0. The van der Waals surface area contributed by atoms with E-state index in [1.54, 1.807) is 5.57 Å². The fraction of sp³-hybridized carbons (Fsp3) is 0.667. The molecule has 3 nitrogen and oxygen atoms in total. The first-order valence-electron chi connectivity index (χ1n) is 12.2. The second kappa shape index (κ2) is 7.82. The number of carbonyl (C=O) groups excluding carboxylic acids is 1. The Hall–Kier alpha value is -1.61. The van der Waals surface area contributed by atoms with Crippen molar-refractivity contribution in [1.82, 2.24) is 10.2 Å². The molecule has 1 spiro atoms. The molecule has 1 aliphatic heterocycles. The maximum absolute atomic E-state index is 12.7. The number of piperidine rings is 1. The van der Waals surface area contributed by atoms with Gasteiger partial charge in [-0.3, -0.25) is 9.69 Å². The van der Waals surface area contributed by atoms with Crippen LogP contribution in [0.2, 0.25) is 0 Å². The predicted octanol–water partition coefficient (Wildman–Crippen LogP) is 4.83. The molecular weight excluding hydrogens is 368 g/mol. The Morgan fingerprint density at radius 2 is 1.93 bits per heavy atom. The molecule has 2 saturated carbocycles. The van der Waals surface area contributed by atoms with Gasteiger partial charge in [0.15, 0.2) is 0 Å². The summed E-state index contributed by atoms with van der Waals surface area (Å²) in [5, 5.41) is 3.22. The molecule has 1 amide bonds. The third kappa shape index (κ3) is 3.75. The molecule has 1 saturated heterocycles. The van der Waals surface area contributed by atoms with Gasteiger partial charge >= 0.3 is 0 Å². The molecule has 5 aliphatic rings. The Kier molecular flexibility index (Phi) is 5.29. The fourth-order valence-corrected chi connectivity index (χ4v) is 6.61. The van der Waals surface area contributed by atoms with Gasteiger partial charge in [-0.1, -0.05) is 55.8 Å². The summed E-state index contributed by atoms with van der Waals surface area (Å²) in [6.07, 6.45) is 10.9. The lowest BCUT2D eigenvalue weighted by molar-refractivity contribution is -0.123. The molecule has 0 aromatic heterocycles. The summed E-state index contributed by atoms with van der Waals surface area (Å²) < 4.78 is 0. The molecule has 162 valence electrons. The molecule has 3 atom stereocenters. The highest BCUT2D eigenvalue weighted by Gasteiger charge is 2.58. The Balaban J connectivity index is 1.03. The number of aryl methyl sites for hydroxylation is 1. The third-order valence-corrected chi connectivity index (χ3v) is 9.13. The summed E-state index contributed by atoms with van der Waals surface area (Å²) in [5.41, 5.74) is 3.92. The highest BCUT2D eigenvalue weighted by molar-refractivity contribution is 5.82. The number of benzene rings is 1. The van der Waals surface area contributed by atoms with Crippen LogP contribution in [0.25, 0.3) is 0 Å². The van der Waals surface area contributed by atoms with Gasteiger partial charge in [0.25, 0.3) is 0 Å². The van der Waals surface area contributed by atoms with Crippen LogP contribution in [0.4, 0.5) is 0 Å². The van der Waals surface area contributed by atoms with Crippen molar-refractivity contribution in [2.75, 3.05) is 26.2 Å². The van der Waals surface area contributed by atoms with E-state index < -0.39 is 0 Å². The van der Waals surface area contributed by atoms with E-state index in [9.17, 15) is 4.79 Å². The fourth-order valence-electron chi connectivity index (χ4n) is 6.61. The Morgan fingerprint density at radius 1 is 1.17 bits per heavy atom. The summed E-state index contributed by atoms with van der Waals surface area (Å²) in [6.45, 7) is 9.26. The first-order valence-corrected chi connectivity index (χ1v) is 12.2. The van der Waals surface area contributed by atoms with Crippen molar-refractivity contribution in [1.29, 1.82) is 0 Å². The number of nitrogens with one attached hydrogen (secondary N) is 1. The molecular formula is C27H38N2O. The molecule has 2 bridgehead atoms. The minimum atomic E-state index is 0.275. The average molecular weight is 407 g/mol. The van der Waals surface area contributed by atoms with Crippen LogP contribution in [-0.2, 0) is 11.2 Å². The van der Waals surface area contributed by atoms with E-state index in [1.165, 1.54) is 50.9 Å². The van der Waals surface area contributed by atoms with E-state index in [-0.39, 0.29) is 5.92 Å². The summed E-state index contributed by atoms with van der Waals surface area (Å²) in [7, 11) is 0. The van der Waals surface area contributed by atoms with Crippen LogP contribution < -0.4 is 5.32 Å². The number of amides is 1. The quantitative estimate of drug-likeness (QED) is 0.520. The van der Waals surface area contributed by atoms with Gasteiger partial charge in [0.05, 0.1) is 0 Å². The maximum atomic E-state index is 12.7. The van der Waals surface area contributed by atoms with Crippen molar-refractivity contribution < 1.29 is 4.79 Å². The largest absolute Gasteiger partial charge is 0.356 e. The minimum Gasteiger partial charge on any atom is -0.356 e. The third-order valence-electron chi connectivity index (χ3n) is 9.13. The molecule has 1 aromatic rings. The van der Waals surface area contributed by atoms with E-state index in [4.69, 9.17) is 0 Å². The van der Waals surface area contributed by atoms with Gasteiger partial charge in [-0.2, -0.15) is 0 Å². The molecule has 6 rings (SSSR count). The first kappa shape index (κ1) is 20.3. The van der Waals surface area contributed by atoms with E-state index >= 15 is 0 Å². The summed E-state index contributed by atoms with van der Waals surface area (Å²) in [6, 6.07) is 10.6. The van der Waals surface area contributed by atoms with Gasteiger partial charge in [-0.25, -0.2) is 0 Å². The van der Waals surface area contributed by atoms with Crippen LogP contribution in [0.15, 0.2) is 42.0 Å². The van der Waals surface area contributed by atoms with Crippen molar-refractivity contribution in [2.24, 2.45) is 28.6 Å². The summed E-state index contributed by atoms with van der Waals surface area (Å²) >= 11 is 0. The number of fused-ring (bicyclic) bond motifs is 1. The molecule has 1 N–H and O–H groups in total. The molecule has 0 radical (unpaired) electrons. The zero-order chi connectivity index (χ0) is 20.8. The second-order valence-electron chi connectivity index (χ2n) is 11.1. The number of hydrogen-bond acceptors (Lipinski definition) is 2. The monoisotopic (exact) mass is 406 g/mol. The lowest BCUT2D eigenvalue weighted by atomic mass is 9.49. The number of carbonyl (C=O) groups is 1. The van der Waals surface area contributed by atoms with E-state index in [1.807, 2.05) is 0 Å². The number of hydrogen-bond donors (Lipinski definition) is 1. The Bertz CT molecular complexity index is 803. The first-order chi connectivity index (χ1) is 14.5.